The number of rotatable bonds is 1. The number of likely N-dealkylation sites (N-methyl/N-ethyl adjacent to an activating group) is 1. The van der Waals surface area contributed by atoms with Crippen LogP contribution in [-0.2, 0) is 0 Å². The van der Waals surface area contributed by atoms with Crippen molar-refractivity contribution in [3.8, 4) is 0 Å². The zero-order valence-electron chi connectivity index (χ0n) is 10.8. The van der Waals surface area contributed by atoms with E-state index in [-0.39, 0.29) is 5.91 Å². The van der Waals surface area contributed by atoms with Crippen LogP contribution in [0.3, 0.4) is 0 Å². The number of hydrogen-bond acceptors (Lipinski definition) is 3. The molecule has 3 rings (SSSR count). The molecule has 0 unspecified atom stereocenters. The van der Waals surface area contributed by atoms with E-state index in [2.05, 4.69) is 49.9 Å². The van der Waals surface area contributed by atoms with Crippen molar-refractivity contribution in [2.24, 2.45) is 0 Å². The smallest absolute Gasteiger partial charge is 0.268 e. The van der Waals surface area contributed by atoms with E-state index >= 15 is 0 Å². The minimum atomic E-state index is 0.0574. The Balaban J connectivity index is 1.99. The van der Waals surface area contributed by atoms with E-state index in [1.807, 2.05) is 29.2 Å². The summed E-state index contributed by atoms with van der Waals surface area (Å²) in [5.74, 6) is 0.0574. The van der Waals surface area contributed by atoms with Crippen LogP contribution in [0.25, 0.3) is 0 Å². The summed E-state index contributed by atoms with van der Waals surface area (Å²) in [5.41, 5.74) is 2.08. The summed E-state index contributed by atoms with van der Waals surface area (Å²) in [5, 5.41) is 0. The molecular weight excluding hydrogens is 404 g/mol. The predicted molar refractivity (Wildman–Crippen MR) is 91.1 cm³/mol. The largest absolute Gasteiger partial charge is 0.371 e. The quantitative estimate of drug-likeness (QED) is 0.690. The van der Waals surface area contributed by atoms with Crippen molar-refractivity contribution in [2.45, 2.75) is 0 Å². The molecule has 1 amide bonds. The average Bonchev–Trinajstić information content (AvgIpc) is 2.79. The monoisotopic (exact) mass is 414 g/mol. The fraction of sp³-hybridized carbons (Fsp3) is 0.214. The van der Waals surface area contributed by atoms with E-state index in [4.69, 9.17) is 0 Å². The summed E-state index contributed by atoms with van der Waals surface area (Å²) in [4.78, 5) is 17.5. The number of thiophene rings is 1. The Labute approximate surface area is 138 Å². The van der Waals surface area contributed by atoms with E-state index in [1.54, 1.807) is 0 Å². The molecule has 104 valence electrons. The van der Waals surface area contributed by atoms with Gasteiger partial charge in [-0.3, -0.25) is 4.79 Å². The third-order valence-corrected chi connectivity index (χ3v) is 6.59. The van der Waals surface area contributed by atoms with E-state index in [9.17, 15) is 4.79 Å². The van der Waals surface area contributed by atoms with Gasteiger partial charge in [0.25, 0.3) is 5.91 Å². The van der Waals surface area contributed by atoms with Gasteiger partial charge in [-0.05, 0) is 50.1 Å². The maximum absolute atomic E-state index is 12.7. The number of hydrogen-bond donors (Lipinski definition) is 0. The van der Waals surface area contributed by atoms with Gasteiger partial charge in [-0.25, -0.2) is 0 Å². The zero-order chi connectivity index (χ0) is 14.3. The van der Waals surface area contributed by atoms with Crippen molar-refractivity contribution in [1.82, 2.24) is 0 Å². The van der Waals surface area contributed by atoms with Crippen LogP contribution in [0.1, 0.15) is 9.67 Å². The molecule has 0 saturated carbocycles. The molecule has 0 atom stereocenters. The van der Waals surface area contributed by atoms with Gasteiger partial charge in [0.05, 0.1) is 20.0 Å². The highest BCUT2D eigenvalue weighted by Crippen LogP contribution is 2.36. The minimum absolute atomic E-state index is 0.0574. The summed E-state index contributed by atoms with van der Waals surface area (Å²) in [7, 11) is 2.05. The second kappa shape index (κ2) is 5.50. The van der Waals surface area contributed by atoms with Gasteiger partial charge < -0.3 is 9.80 Å². The molecule has 0 aliphatic carbocycles. The Morgan fingerprint density at radius 1 is 1.20 bits per heavy atom. The Morgan fingerprint density at radius 3 is 2.55 bits per heavy atom. The van der Waals surface area contributed by atoms with Crippen LogP contribution < -0.4 is 9.80 Å². The van der Waals surface area contributed by atoms with Crippen molar-refractivity contribution >= 4 is 60.5 Å². The van der Waals surface area contributed by atoms with Crippen LogP contribution in [0.15, 0.2) is 38.6 Å². The summed E-state index contributed by atoms with van der Waals surface area (Å²) >= 11 is 8.33. The number of para-hydroxylation sites is 2. The van der Waals surface area contributed by atoms with Gasteiger partial charge >= 0.3 is 0 Å². The van der Waals surface area contributed by atoms with E-state index in [1.165, 1.54) is 11.3 Å². The molecule has 6 heteroatoms. The standard InChI is InChI=1S/C14H12Br2N2OS/c1-17-6-7-18(11-5-3-2-4-10(11)17)14(19)12-8-9(15)13(16)20-12/h2-5,8H,6-7H2,1H3. The van der Waals surface area contributed by atoms with Crippen LogP contribution in [0.4, 0.5) is 11.4 Å². The maximum atomic E-state index is 12.7. The molecular formula is C14H12Br2N2OS. The van der Waals surface area contributed by atoms with E-state index in [0.29, 0.717) is 6.54 Å². The van der Waals surface area contributed by atoms with Crippen LogP contribution in [0.2, 0.25) is 0 Å². The van der Waals surface area contributed by atoms with Crippen LogP contribution >= 0.6 is 43.2 Å². The average molecular weight is 416 g/mol. The summed E-state index contributed by atoms with van der Waals surface area (Å²) in [6.07, 6.45) is 0. The molecule has 1 aliphatic heterocycles. The molecule has 1 aliphatic rings. The van der Waals surface area contributed by atoms with Gasteiger partial charge in [0.15, 0.2) is 0 Å². The van der Waals surface area contributed by atoms with Crippen molar-refractivity contribution in [2.75, 3.05) is 29.9 Å². The molecule has 0 N–H and O–H groups in total. The Morgan fingerprint density at radius 2 is 1.90 bits per heavy atom. The summed E-state index contributed by atoms with van der Waals surface area (Å²) in [6, 6.07) is 9.90. The van der Waals surface area contributed by atoms with Gasteiger partial charge in [-0.2, -0.15) is 0 Å². The maximum Gasteiger partial charge on any atom is 0.268 e. The predicted octanol–water partition coefficient (Wildman–Crippen LogP) is 4.37. The number of anilines is 2. The number of carbonyl (C=O) groups excluding carboxylic acids is 1. The summed E-state index contributed by atoms with van der Waals surface area (Å²) < 4.78 is 1.87. The van der Waals surface area contributed by atoms with Crippen molar-refractivity contribution in [3.63, 3.8) is 0 Å². The van der Waals surface area contributed by atoms with Gasteiger partial charge in [-0.15, -0.1) is 11.3 Å². The third-order valence-electron chi connectivity index (χ3n) is 3.34. The second-order valence-electron chi connectivity index (χ2n) is 4.60. The van der Waals surface area contributed by atoms with Crippen LogP contribution in [-0.4, -0.2) is 26.0 Å². The first-order chi connectivity index (χ1) is 9.58. The highest BCUT2D eigenvalue weighted by Gasteiger charge is 2.27. The highest BCUT2D eigenvalue weighted by atomic mass is 79.9. The first-order valence-electron chi connectivity index (χ1n) is 6.15. The highest BCUT2D eigenvalue weighted by molar-refractivity contribution is 9.13. The number of halogens is 2. The fourth-order valence-corrected chi connectivity index (χ4v) is 4.29. The first-order valence-corrected chi connectivity index (χ1v) is 8.55. The molecule has 0 saturated heterocycles. The lowest BCUT2D eigenvalue weighted by atomic mass is 10.1. The Bertz CT molecular complexity index is 651. The lowest BCUT2D eigenvalue weighted by Gasteiger charge is -2.35. The SMILES string of the molecule is CN1CCN(C(=O)c2cc(Br)c(Br)s2)c2ccccc21. The van der Waals surface area contributed by atoms with Crippen LogP contribution in [0, 0.1) is 0 Å². The fourth-order valence-electron chi connectivity index (χ4n) is 2.30. The molecule has 1 aromatic carbocycles. The van der Waals surface area contributed by atoms with Gasteiger partial charge in [0.1, 0.15) is 0 Å². The molecule has 0 fully saturated rings. The molecule has 0 radical (unpaired) electrons. The minimum Gasteiger partial charge on any atom is -0.371 e. The topological polar surface area (TPSA) is 23.6 Å². The van der Waals surface area contributed by atoms with Crippen molar-refractivity contribution in [1.29, 1.82) is 0 Å². The normalized spacial score (nSPS) is 14.3. The first kappa shape index (κ1) is 14.1. The van der Waals surface area contributed by atoms with Gasteiger partial charge in [0, 0.05) is 24.6 Å². The Kier molecular flexibility index (Phi) is 3.88. The van der Waals surface area contributed by atoms with Crippen molar-refractivity contribution in [3.05, 3.63) is 43.5 Å². The van der Waals surface area contributed by atoms with Gasteiger partial charge in [0.2, 0.25) is 0 Å². The van der Waals surface area contributed by atoms with Crippen LogP contribution in [0.5, 0.6) is 0 Å². The number of carbonyl (C=O) groups is 1. The molecule has 20 heavy (non-hydrogen) atoms. The molecule has 0 bridgehead atoms. The second-order valence-corrected chi connectivity index (χ2v) is 7.82. The Hall–Kier alpha value is -0.850. The summed E-state index contributed by atoms with van der Waals surface area (Å²) in [6.45, 7) is 1.55. The number of amides is 1. The van der Waals surface area contributed by atoms with E-state index in [0.717, 1.165) is 31.1 Å². The lowest BCUT2D eigenvalue weighted by Crippen LogP contribution is -2.42. The van der Waals surface area contributed by atoms with E-state index < -0.39 is 0 Å². The van der Waals surface area contributed by atoms with Gasteiger partial charge in [-0.1, -0.05) is 12.1 Å². The number of fused-ring (bicyclic) bond motifs is 1. The zero-order valence-corrected chi connectivity index (χ0v) is 14.8. The molecule has 3 nitrogen and oxygen atoms in total. The molecule has 2 heterocycles. The molecule has 1 aromatic heterocycles. The molecule has 0 spiro atoms. The third kappa shape index (κ3) is 2.40. The number of benzene rings is 1. The lowest BCUT2D eigenvalue weighted by molar-refractivity contribution is 0.0990. The molecule has 2 aromatic rings. The number of nitrogens with zero attached hydrogens (tertiary/aromatic N) is 2. The van der Waals surface area contributed by atoms with Crippen molar-refractivity contribution < 1.29 is 4.79 Å².